The average Bonchev–Trinajstić information content (AvgIpc) is 0.790. The first-order valence-electron chi connectivity index (χ1n) is 40.2. The van der Waals surface area contributed by atoms with Gasteiger partial charge in [0.05, 0.1) is 32.0 Å². The Morgan fingerprint density at radius 2 is 0.693 bits per heavy atom. The number of hydrogen-bond acceptors (Lipinski definition) is 13. The van der Waals surface area contributed by atoms with Gasteiger partial charge in [-0.2, -0.15) is 0 Å². The van der Waals surface area contributed by atoms with Gasteiger partial charge in [-0.25, -0.2) is 0 Å². The number of aliphatic hydroxyl groups excluding tert-OH is 8. The summed E-state index contributed by atoms with van der Waals surface area (Å²) in [5, 5.41) is 87.6. The Bertz CT molecular complexity index is 2310. The number of nitrogens with one attached hydrogen (secondary N) is 1. The predicted octanol–water partition coefficient (Wildman–Crippen LogP) is 18.5. The number of ether oxygens (including phenoxy) is 4. The van der Waals surface area contributed by atoms with Crippen molar-refractivity contribution >= 4 is 5.91 Å². The van der Waals surface area contributed by atoms with E-state index < -0.39 is 86.8 Å². The molecule has 0 spiro atoms. The van der Waals surface area contributed by atoms with Crippen LogP contribution >= 0.6 is 0 Å². The first kappa shape index (κ1) is 92.7. The van der Waals surface area contributed by atoms with E-state index in [1.54, 1.807) is 6.08 Å². The SMILES string of the molecule is CC/C=C\C/C=C\C/C=C\C/C=C\C/C=C\C/C=C\C/C=C\C/C=C\C/C=C\C/C=C\C/C=C\CCCCCCCC(=O)NC(COC1OC(CO)C(OC2OC(CO)C(O)C(O)C2O)C(O)C1O)C(O)/C=C/CC/C=C/CCCCCCCCCCCCCCCCCCCCCCCC. The summed E-state index contributed by atoms with van der Waals surface area (Å²) < 4.78 is 22.9. The van der Waals surface area contributed by atoms with Crippen LogP contribution in [-0.4, -0.2) is 140 Å². The molecule has 2 fully saturated rings. The molecule has 101 heavy (non-hydrogen) atoms. The largest absolute Gasteiger partial charge is 0.394 e. The average molecular weight is 1410 g/mol. The third-order valence-electron chi connectivity index (χ3n) is 18.4. The van der Waals surface area contributed by atoms with Crippen molar-refractivity contribution in [2.45, 2.75) is 364 Å². The van der Waals surface area contributed by atoms with Crippen molar-refractivity contribution in [3.05, 3.63) is 158 Å². The summed E-state index contributed by atoms with van der Waals surface area (Å²) in [6.45, 7) is 2.67. The number of carbonyl (C=O) groups is 1. The molecular formula is C87H145NO13. The van der Waals surface area contributed by atoms with Crippen LogP contribution in [0.15, 0.2) is 158 Å². The number of aliphatic hydroxyl groups is 8. The van der Waals surface area contributed by atoms with Crippen molar-refractivity contribution in [1.29, 1.82) is 0 Å². The summed E-state index contributed by atoms with van der Waals surface area (Å²) in [6, 6.07) is -0.956. The van der Waals surface area contributed by atoms with Crippen LogP contribution in [0.1, 0.15) is 290 Å². The summed E-state index contributed by atoms with van der Waals surface area (Å²) in [4.78, 5) is 13.4. The molecule has 0 radical (unpaired) electrons. The zero-order valence-electron chi connectivity index (χ0n) is 63.1. The highest BCUT2D eigenvalue weighted by molar-refractivity contribution is 5.76. The summed E-state index contributed by atoms with van der Waals surface area (Å²) in [5.41, 5.74) is 0. The quantitative estimate of drug-likeness (QED) is 0.0204. The third kappa shape index (κ3) is 51.4. The number of amides is 1. The molecular weight excluding hydrogens is 1270 g/mol. The lowest BCUT2D eigenvalue weighted by atomic mass is 9.97. The Morgan fingerprint density at radius 3 is 1.09 bits per heavy atom. The first-order valence-corrected chi connectivity index (χ1v) is 40.2. The number of rotatable bonds is 65. The van der Waals surface area contributed by atoms with E-state index in [9.17, 15) is 45.6 Å². The maximum atomic E-state index is 13.4. The summed E-state index contributed by atoms with van der Waals surface area (Å²) in [7, 11) is 0. The van der Waals surface area contributed by atoms with E-state index in [-0.39, 0.29) is 18.9 Å². The Morgan fingerprint density at radius 1 is 0.366 bits per heavy atom. The summed E-state index contributed by atoms with van der Waals surface area (Å²) >= 11 is 0. The van der Waals surface area contributed by atoms with E-state index in [0.717, 1.165) is 116 Å². The van der Waals surface area contributed by atoms with Gasteiger partial charge in [-0.3, -0.25) is 4.79 Å². The lowest BCUT2D eigenvalue weighted by Gasteiger charge is -2.46. The fraction of sp³-hybridized carbons (Fsp3) is 0.690. The standard InChI is InChI=1S/C87H145NO13/c1-3-5-7-9-11-13-15-17-19-21-23-25-27-29-31-33-34-35-36-37-38-39-40-41-42-43-45-47-49-51-53-55-57-59-61-63-65-67-69-71-79(92)88-75(74-98-86-84(97)82(95)85(78(73-90)100-86)101-87-83(96)81(94)80(93)77(72-89)99-87)76(91)70-68-66-64-62-60-58-56-54-52-50-48-46-44-32-30-28-26-24-22-20-18-16-14-12-10-8-6-4-2/h5,7,11,13,17,19,23,25,29,31,34-35,37-38,40-41,43,45,49,51,55,57,60,62,68,70,75-78,80-87,89-91,93-97H,3-4,6,8-10,12,14-16,18,20-22,24,26-28,30,32-33,36,39,42,44,46-48,50,52-54,56,58-59,61,63-67,69,71-74H2,1-2H3,(H,88,92)/b7-5-,13-11-,19-17-,25-23-,31-29-,35-34-,38-37-,41-40-,45-43-,51-49-,57-55-,62-60+,70-68+. The van der Waals surface area contributed by atoms with Crippen LogP contribution in [0.4, 0.5) is 0 Å². The monoisotopic (exact) mass is 1410 g/mol. The summed E-state index contributed by atoms with van der Waals surface area (Å²) in [5.74, 6) is -0.272. The van der Waals surface area contributed by atoms with Gasteiger partial charge in [-0.15, -0.1) is 0 Å². The molecule has 0 aliphatic carbocycles. The van der Waals surface area contributed by atoms with Crippen molar-refractivity contribution in [2.75, 3.05) is 19.8 Å². The van der Waals surface area contributed by atoms with Gasteiger partial charge in [0.1, 0.15) is 48.8 Å². The highest BCUT2D eigenvalue weighted by atomic mass is 16.7. The van der Waals surface area contributed by atoms with Gasteiger partial charge < -0.3 is 65.1 Å². The fourth-order valence-corrected chi connectivity index (χ4v) is 12.1. The molecule has 14 heteroatoms. The molecule has 14 nitrogen and oxygen atoms in total. The van der Waals surface area contributed by atoms with Crippen molar-refractivity contribution in [1.82, 2.24) is 5.32 Å². The van der Waals surface area contributed by atoms with Crippen LogP contribution in [0.25, 0.3) is 0 Å². The van der Waals surface area contributed by atoms with Gasteiger partial charge in [0.15, 0.2) is 12.6 Å². The zero-order valence-corrected chi connectivity index (χ0v) is 63.1. The Hall–Kier alpha value is -4.39. The van der Waals surface area contributed by atoms with Gasteiger partial charge in [0.25, 0.3) is 0 Å². The zero-order chi connectivity index (χ0) is 73.0. The normalized spacial score (nSPS) is 22.6. The second-order valence-corrected chi connectivity index (χ2v) is 27.4. The van der Waals surface area contributed by atoms with Crippen LogP contribution in [0.3, 0.4) is 0 Å². The Labute approximate surface area is 614 Å². The number of allylic oxidation sites excluding steroid dienone is 25. The second-order valence-electron chi connectivity index (χ2n) is 27.4. The van der Waals surface area contributed by atoms with Crippen LogP contribution in [-0.2, 0) is 23.7 Å². The van der Waals surface area contributed by atoms with Crippen molar-refractivity contribution in [2.24, 2.45) is 0 Å². The molecule has 2 heterocycles. The highest BCUT2D eigenvalue weighted by Crippen LogP contribution is 2.30. The molecule has 0 aromatic rings. The molecule has 2 rings (SSSR count). The molecule has 12 atom stereocenters. The lowest BCUT2D eigenvalue weighted by molar-refractivity contribution is -0.359. The maximum Gasteiger partial charge on any atom is 0.220 e. The van der Waals surface area contributed by atoms with E-state index in [0.29, 0.717) is 12.8 Å². The van der Waals surface area contributed by atoms with Gasteiger partial charge in [-0.05, 0) is 116 Å². The van der Waals surface area contributed by atoms with Crippen molar-refractivity contribution in [3.63, 3.8) is 0 Å². The maximum absolute atomic E-state index is 13.4. The molecule has 12 unspecified atom stereocenters. The van der Waals surface area contributed by atoms with Crippen LogP contribution < -0.4 is 5.32 Å². The molecule has 9 N–H and O–H groups in total. The third-order valence-corrected chi connectivity index (χ3v) is 18.4. The van der Waals surface area contributed by atoms with Gasteiger partial charge >= 0.3 is 0 Å². The molecule has 2 saturated heterocycles. The molecule has 0 bridgehead atoms. The molecule has 0 saturated carbocycles. The second kappa shape index (κ2) is 68.7. The highest BCUT2D eigenvalue weighted by Gasteiger charge is 2.51. The molecule has 2 aliphatic heterocycles. The van der Waals surface area contributed by atoms with Gasteiger partial charge in [0.2, 0.25) is 5.91 Å². The van der Waals surface area contributed by atoms with E-state index in [1.165, 1.54) is 141 Å². The topological polar surface area (TPSA) is 228 Å². The Kier molecular flexibility index (Phi) is 63.1. The minimum atomic E-state index is -1.80. The molecule has 0 aromatic carbocycles. The summed E-state index contributed by atoms with van der Waals surface area (Å²) in [6.07, 6.45) is 88.8. The Balaban J connectivity index is 1.67. The number of carbonyl (C=O) groups excluding carboxylic acids is 1. The number of unbranched alkanes of at least 4 members (excludes halogenated alkanes) is 28. The minimum Gasteiger partial charge on any atom is -0.394 e. The molecule has 1 amide bonds. The number of hydrogen-bond donors (Lipinski definition) is 9. The van der Waals surface area contributed by atoms with E-state index in [4.69, 9.17) is 18.9 Å². The van der Waals surface area contributed by atoms with Crippen molar-refractivity contribution < 1.29 is 64.6 Å². The van der Waals surface area contributed by atoms with E-state index in [1.807, 2.05) is 6.08 Å². The van der Waals surface area contributed by atoms with Crippen LogP contribution in [0.2, 0.25) is 0 Å². The smallest absolute Gasteiger partial charge is 0.220 e. The molecule has 576 valence electrons. The predicted molar refractivity (Wildman–Crippen MR) is 419 cm³/mol. The van der Waals surface area contributed by atoms with Crippen molar-refractivity contribution in [3.8, 4) is 0 Å². The molecule has 0 aromatic heterocycles. The first-order chi connectivity index (χ1) is 49.6. The van der Waals surface area contributed by atoms with Gasteiger partial charge in [0, 0.05) is 6.42 Å². The fourth-order valence-electron chi connectivity index (χ4n) is 12.1. The minimum absolute atomic E-state index is 0.241. The van der Waals surface area contributed by atoms with E-state index >= 15 is 0 Å². The lowest BCUT2D eigenvalue weighted by Crippen LogP contribution is -2.65. The van der Waals surface area contributed by atoms with E-state index in [2.05, 4.69) is 165 Å². The van der Waals surface area contributed by atoms with Gasteiger partial charge in [-0.1, -0.05) is 326 Å². The molecule has 2 aliphatic rings. The van der Waals surface area contributed by atoms with Crippen LogP contribution in [0.5, 0.6) is 0 Å². The van der Waals surface area contributed by atoms with Crippen LogP contribution in [0, 0.1) is 0 Å².